The maximum absolute atomic E-state index is 14.1. The van der Waals surface area contributed by atoms with E-state index >= 15 is 0 Å². The number of aromatic nitrogens is 4. The van der Waals surface area contributed by atoms with Crippen molar-refractivity contribution >= 4 is 58.4 Å². The second kappa shape index (κ2) is 15.8. The predicted octanol–water partition coefficient (Wildman–Crippen LogP) is 4.92. The number of hydrogen-bond donors (Lipinski definition) is 5. The molecule has 3 aromatic carbocycles. The zero-order chi connectivity index (χ0) is 36.7. The number of likely N-dealkylation sites (tertiary alicyclic amines) is 1. The van der Waals surface area contributed by atoms with Crippen LogP contribution in [-0.4, -0.2) is 79.1 Å². The minimum atomic E-state index is -1.31. The van der Waals surface area contributed by atoms with Crippen LogP contribution in [0.25, 0.3) is 5.69 Å². The van der Waals surface area contributed by atoms with Crippen LogP contribution in [-0.2, 0) is 14.4 Å². The van der Waals surface area contributed by atoms with E-state index in [1.807, 2.05) is 20.8 Å². The number of nitrogens with zero attached hydrogens (tertiary/aromatic N) is 5. The van der Waals surface area contributed by atoms with Gasteiger partial charge in [-0.05, 0) is 95.3 Å². The molecule has 5 rings (SSSR count). The molecule has 1 aromatic heterocycles. The van der Waals surface area contributed by atoms with E-state index in [0.717, 1.165) is 19.3 Å². The highest BCUT2D eigenvalue weighted by Gasteiger charge is 2.40. The molecule has 0 radical (unpaired) electrons. The van der Waals surface area contributed by atoms with E-state index in [9.17, 15) is 29.1 Å². The smallest absolute Gasteiger partial charge is 0.335 e. The van der Waals surface area contributed by atoms with Crippen molar-refractivity contribution in [3.05, 3.63) is 89.2 Å². The first-order valence-electron chi connectivity index (χ1n) is 16.2. The molecule has 16 heteroatoms. The minimum Gasteiger partial charge on any atom is -0.478 e. The number of carboxylic acid groups (broad SMARTS) is 1. The van der Waals surface area contributed by atoms with Crippen molar-refractivity contribution in [2.75, 3.05) is 29.0 Å². The van der Waals surface area contributed by atoms with Gasteiger partial charge in [0.25, 0.3) is 0 Å². The Balaban J connectivity index is 1.43. The van der Waals surface area contributed by atoms with Gasteiger partial charge in [0.15, 0.2) is 0 Å². The van der Waals surface area contributed by atoms with Crippen LogP contribution in [0.4, 0.5) is 21.9 Å². The van der Waals surface area contributed by atoms with Crippen LogP contribution in [0.2, 0.25) is 5.02 Å². The lowest BCUT2D eigenvalue weighted by atomic mass is 9.72. The molecule has 1 fully saturated rings. The number of carbonyl (C=O) groups is 5. The molecule has 2 heterocycles. The Morgan fingerprint density at radius 3 is 2.08 bits per heavy atom. The minimum absolute atomic E-state index is 0.0246. The van der Waals surface area contributed by atoms with Gasteiger partial charge in [0, 0.05) is 35.4 Å². The summed E-state index contributed by atoms with van der Waals surface area (Å²) in [6, 6.07) is 15.6. The Kier molecular flexibility index (Phi) is 11.3. The van der Waals surface area contributed by atoms with Crippen molar-refractivity contribution in [3.8, 4) is 5.69 Å². The Hall–Kier alpha value is -5.83. The zero-order valence-electron chi connectivity index (χ0n) is 28.2. The number of carboxylic acids is 1. The van der Waals surface area contributed by atoms with Crippen molar-refractivity contribution in [3.63, 3.8) is 0 Å². The maximum atomic E-state index is 14.1. The van der Waals surface area contributed by atoms with E-state index in [-0.39, 0.29) is 28.0 Å². The number of aromatic carboxylic acids is 1. The second-order valence-electron chi connectivity index (χ2n) is 13.1. The number of amides is 5. The monoisotopic (exact) mass is 715 g/mol. The summed E-state index contributed by atoms with van der Waals surface area (Å²) in [5, 5.41) is 31.5. The van der Waals surface area contributed by atoms with E-state index in [1.54, 1.807) is 41.3 Å². The van der Waals surface area contributed by atoms with E-state index in [0.29, 0.717) is 30.0 Å². The summed E-state index contributed by atoms with van der Waals surface area (Å²) >= 11 is 6.19. The summed E-state index contributed by atoms with van der Waals surface area (Å²) in [5.74, 6) is -4.69. The number of urea groups is 1. The van der Waals surface area contributed by atoms with Gasteiger partial charge in [-0.15, -0.1) is 5.10 Å². The maximum Gasteiger partial charge on any atom is 0.335 e. The molecular formula is C35H38ClN9O6. The number of rotatable bonds is 9. The van der Waals surface area contributed by atoms with Gasteiger partial charge in [0.2, 0.25) is 5.91 Å². The van der Waals surface area contributed by atoms with Crippen LogP contribution in [0.5, 0.6) is 0 Å². The van der Waals surface area contributed by atoms with Crippen molar-refractivity contribution < 1.29 is 29.1 Å². The molecule has 1 saturated heterocycles. The first kappa shape index (κ1) is 36.5. The Labute approximate surface area is 298 Å². The molecule has 0 saturated carbocycles. The van der Waals surface area contributed by atoms with Crippen LogP contribution < -0.4 is 21.3 Å². The average molecular weight is 716 g/mol. The van der Waals surface area contributed by atoms with Crippen LogP contribution in [0.15, 0.2) is 73.1 Å². The summed E-state index contributed by atoms with van der Waals surface area (Å²) in [6.45, 7) is 7.05. The van der Waals surface area contributed by atoms with E-state index in [2.05, 4.69) is 36.8 Å². The molecule has 5 N–H and O–H groups in total. The molecule has 266 valence electrons. The lowest BCUT2D eigenvalue weighted by Crippen LogP contribution is -2.53. The normalized spacial score (nSPS) is 14.2. The highest BCUT2D eigenvalue weighted by Crippen LogP contribution is 2.39. The fraction of sp³-hybridized carbons (Fsp3) is 0.314. The van der Waals surface area contributed by atoms with Gasteiger partial charge in [0.05, 0.1) is 16.9 Å². The third-order valence-corrected chi connectivity index (χ3v) is 8.64. The lowest BCUT2D eigenvalue weighted by Gasteiger charge is -2.37. The number of tetrazole rings is 1. The lowest BCUT2D eigenvalue weighted by molar-refractivity contribution is -0.138. The van der Waals surface area contributed by atoms with Crippen molar-refractivity contribution in [2.24, 2.45) is 5.41 Å². The molecule has 1 aliphatic heterocycles. The van der Waals surface area contributed by atoms with Gasteiger partial charge >= 0.3 is 23.8 Å². The first-order valence-corrected chi connectivity index (χ1v) is 16.6. The number of carbonyl (C=O) groups excluding carboxylic acids is 4. The summed E-state index contributed by atoms with van der Waals surface area (Å²) < 4.78 is 1.28. The standard InChI is InChI=1S/C35H38ClN9O6/c1-35(2,3)28(21-7-12-25(13-8-21)39-34(51)44-17-5-4-6-18-44)29(30(46)38-24-14-9-22(10-15-24)33(49)50)41-32(48)31(47)40-26-19-23(36)11-16-27(26)45-20-37-42-43-45/h7-16,19-20,28-29H,4-6,17-18H2,1-3H3,(H,38,46)(H,39,51)(H,40,47)(H,41,48)(H,49,50). The summed E-state index contributed by atoms with van der Waals surface area (Å²) in [5.41, 5.74) is 1.33. The largest absolute Gasteiger partial charge is 0.478 e. The first-order chi connectivity index (χ1) is 24.3. The van der Waals surface area contributed by atoms with Gasteiger partial charge in [0.1, 0.15) is 12.4 Å². The van der Waals surface area contributed by atoms with Gasteiger partial charge in [-0.2, -0.15) is 4.68 Å². The Morgan fingerprint density at radius 1 is 0.824 bits per heavy atom. The quantitative estimate of drug-likeness (QED) is 0.149. The Bertz CT molecular complexity index is 1890. The van der Waals surface area contributed by atoms with Gasteiger partial charge in [-0.3, -0.25) is 14.4 Å². The number of anilines is 3. The second-order valence-corrected chi connectivity index (χ2v) is 13.6. The average Bonchev–Trinajstić information content (AvgIpc) is 3.63. The number of nitrogens with one attached hydrogen (secondary N) is 4. The SMILES string of the molecule is CC(C)(C)C(c1ccc(NC(=O)N2CCCCC2)cc1)C(NC(=O)C(=O)Nc1cc(Cl)ccc1-n1cnnn1)C(=O)Nc1ccc(C(=O)O)cc1. The van der Waals surface area contributed by atoms with Crippen LogP contribution in [0.3, 0.4) is 0 Å². The highest BCUT2D eigenvalue weighted by molar-refractivity contribution is 6.40. The van der Waals surface area contributed by atoms with Crippen LogP contribution in [0, 0.1) is 5.41 Å². The molecule has 1 aliphatic rings. The number of hydrogen-bond acceptors (Lipinski definition) is 8. The summed E-state index contributed by atoms with van der Waals surface area (Å²) in [4.78, 5) is 67.0. The zero-order valence-corrected chi connectivity index (χ0v) is 29.0. The predicted molar refractivity (Wildman–Crippen MR) is 190 cm³/mol. The molecule has 5 amide bonds. The molecule has 2 unspecified atom stereocenters. The third kappa shape index (κ3) is 9.25. The molecule has 0 spiro atoms. The highest BCUT2D eigenvalue weighted by atomic mass is 35.5. The molecule has 0 bridgehead atoms. The van der Waals surface area contributed by atoms with Crippen LogP contribution in [0.1, 0.15) is 61.9 Å². The van der Waals surface area contributed by atoms with Crippen molar-refractivity contribution in [1.29, 1.82) is 0 Å². The topological polar surface area (TPSA) is 201 Å². The molecule has 51 heavy (non-hydrogen) atoms. The molecule has 2 atom stereocenters. The van der Waals surface area contributed by atoms with Crippen LogP contribution >= 0.6 is 11.6 Å². The summed E-state index contributed by atoms with van der Waals surface area (Å²) in [6.07, 6.45) is 4.31. The van der Waals surface area contributed by atoms with E-state index in [1.165, 1.54) is 41.3 Å². The molecule has 4 aromatic rings. The van der Waals surface area contributed by atoms with Crippen molar-refractivity contribution in [2.45, 2.75) is 52.0 Å². The molecule has 0 aliphatic carbocycles. The summed E-state index contributed by atoms with van der Waals surface area (Å²) in [7, 11) is 0. The van der Waals surface area contributed by atoms with E-state index < -0.39 is 41.1 Å². The van der Waals surface area contributed by atoms with Gasteiger partial charge in [-0.1, -0.05) is 44.5 Å². The number of piperidine rings is 1. The molecule has 15 nitrogen and oxygen atoms in total. The third-order valence-electron chi connectivity index (χ3n) is 8.41. The fourth-order valence-electron chi connectivity index (χ4n) is 5.95. The molecular weight excluding hydrogens is 678 g/mol. The fourth-order valence-corrected chi connectivity index (χ4v) is 6.12. The number of benzene rings is 3. The Morgan fingerprint density at radius 2 is 1.47 bits per heavy atom. The van der Waals surface area contributed by atoms with Gasteiger partial charge in [-0.25, -0.2) is 9.59 Å². The van der Waals surface area contributed by atoms with Gasteiger partial charge < -0.3 is 31.3 Å². The van der Waals surface area contributed by atoms with E-state index in [4.69, 9.17) is 11.6 Å². The van der Waals surface area contributed by atoms with Crippen molar-refractivity contribution in [1.82, 2.24) is 30.4 Å². The number of halogens is 1.